The van der Waals surface area contributed by atoms with Crippen molar-refractivity contribution in [3.05, 3.63) is 57.4 Å². The zero-order chi connectivity index (χ0) is 19.2. The lowest BCUT2D eigenvalue weighted by Gasteiger charge is -2.08. The number of aromatic nitrogens is 1. The van der Waals surface area contributed by atoms with Gasteiger partial charge in [0.1, 0.15) is 5.82 Å². The van der Waals surface area contributed by atoms with E-state index in [9.17, 15) is 13.6 Å². The Morgan fingerprint density at radius 2 is 1.96 bits per heavy atom. The molecule has 138 valence electrons. The van der Waals surface area contributed by atoms with Gasteiger partial charge in [0.15, 0.2) is 11.5 Å². The van der Waals surface area contributed by atoms with Gasteiger partial charge in [-0.1, -0.05) is 11.6 Å². The zero-order valence-corrected chi connectivity index (χ0v) is 15.3. The number of fused-ring (bicyclic) bond motifs is 1. The number of rotatable bonds is 3. The van der Waals surface area contributed by atoms with Crippen molar-refractivity contribution in [2.75, 3.05) is 5.32 Å². The fourth-order valence-corrected chi connectivity index (χ4v) is 3.69. The number of amides is 1. The molecule has 0 unspecified atom stereocenters. The van der Waals surface area contributed by atoms with E-state index in [0.29, 0.717) is 22.5 Å². The predicted molar refractivity (Wildman–Crippen MR) is 97.9 cm³/mol. The van der Waals surface area contributed by atoms with Crippen LogP contribution in [0.25, 0.3) is 11.1 Å². The van der Waals surface area contributed by atoms with Crippen LogP contribution >= 0.6 is 22.9 Å². The van der Waals surface area contributed by atoms with Gasteiger partial charge in [-0.25, -0.2) is 4.98 Å². The van der Waals surface area contributed by atoms with Crippen LogP contribution in [0, 0.1) is 6.92 Å². The molecular formula is C18H11ClF2N2O3S. The number of nitrogens with zero attached hydrogens (tertiary/aromatic N) is 1. The molecule has 5 nitrogen and oxygen atoms in total. The van der Waals surface area contributed by atoms with Gasteiger partial charge in [-0.3, -0.25) is 4.79 Å². The van der Waals surface area contributed by atoms with Crippen LogP contribution in [0.2, 0.25) is 5.02 Å². The van der Waals surface area contributed by atoms with Crippen molar-refractivity contribution >= 4 is 34.7 Å². The number of pyridine rings is 1. The minimum Gasteiger partial charge on any atom is -0.395 e. The van der Waals surface area contributed by atoms with Crippen molar-refractivity contribution in [1.29, 1.82) is 0 Å². The third-order valence-corrected chi connectivity index (χ3v) is 5.08. The van der Waals surface area contributed by atoms with Crippen LogP contribution in [-0.2, 0) is 0 Å². The molecular weight excluding hydrogens is 398 g/mol. The van der Waals surface area contributed by atoms with Crippen LogP contribution in [0.4, 0.5) is 14.6 Å². The number of carbonyl (C=O) groups is 1. The highest BCUT2D eigenvalue weighted by atomic mass is 35.5. The van der Waals surface area contributed by atoms with Gasteiger partial charge in [0.05, 0.1) is 10.6 Å². The SMILES string of the molecule is Cc1cscc1C(=O)Nc1ccc(-c2cc3c(cc2Cl)OC(F)(F)O3)cn1. The number of hydrogen-bond donors (Lipinski definition) is 1. The summed E-state index contributed by atoms with van der Waals surface area (Å²) < 4.78 is 35.2. The second-order valence-electron chi connectivity index (χ2n) is 5.80. The number of thiophene rings is 1. The molecule has 1 aliphatic rings. The summed E-state index contributed by atoms with van der Waals surface area (Å²) in [6.45, 7) is 1.85. The summed E-state index contributed by atoms with van der Waals surface area (Å²) in [5, 5.41) is 6.57. The minimum absolute atomic E-state index is 0.107. The van der Waals surface area contributed by atoms with Gasteiger partial charge in [-0.2, -0.15) is 11.3 Å². The number of ether oxygens (including phenoxy) is 2. The normalized spacial score (nSPS) is 14.2. The molecule has 0 spiro atoms. The van der Waals surface area contributed by atoms with E-state index in [4.69, 9.17) is 11.6 Å². The van der Waals surface area contributed by atoms with Gasteiger partial charge in [0.25, 0.3) is 5.91 Å². The third kappa shape index (κ3) is 3.45. The first-order valence-corrected chi connectivity index (χ1v) is 9.04. The molecule has 0 aliphatic carbocycles. The maximum atomic E-state index is 13.2. The fourth-order valence-electron chi connectivity index (χ4n) is 2.60. The molecule has 0 fully saturated rings. The summed E-state index contributed by atoms with van der Waals surface area (Å²) in [6, 6.07) is 5.90. The molecule has 1 amide bonds. The van der Waals surface area contributed by atoms with Crippen molar-refractivity contribution in [1.82, 2.24) is 4.98 Å². The first-order chi connectivity index (χ1) is 12.8. The lowest BCUT2D eigenvalue weighted by molar-refractivity contribution is -0.286. The molecule has 0 atom stereocenters. The standard InChI is InChI=1S/C18H11ClF2N2O3S/c1-9-7-27-8-12(9)17(24)23-16-3-2-10(6-22-16)11-4-14-15(5-13(11)19)26-18(20,21)25-14/h2-8H,1H3,(H,22,23,24). The van der Waals surface area contributed by atoms with Gasteiger partial charge in [-0.05, 0) is 36.1 Å². The molecule has 2 aromatic heterocycles. The summed E-state index contributed by atoms with van der Waals surface area (Å²) in [5.41, 5.74) is 2.51. The topological polar surface area (TPSA) is 60.5 Å². The summed E-state index contributed by atoms with van der Waals surface area (Å²) >= 11 is 7.61. The zero-order valence-electron chi connectivity index (χ0n) is 13.8. The predicted octanol–water partition coefficient (Wildman–Crippen LogP) is 5.35. The minimum atomic E-state index is -3.71. The smallest absolute Gasteiger partial charge is 0.395 e. The number of hydrogen-bond acceptors (Lipinski definition) is 5. The fraction of sp³-hybridized carbons (Fsp3) is 0.111. The van der Waals surface area contributed by atoms with Crippen molar-refractivity contribution < 1.29 is 23.0 Å². The number of benzene rings is 1. The number of nitrogens with one attached hydrogen (secondary N) is 1. The van der Waals surface area contributed by atoms with E-state index in [1.54, 1.807) is 17.5 Å². The van der Waals surface area contributed by atoms with Crippen LogP contribution in [0.1, 0.15) is 15.9 Å². The van der Waals surface area contributed by atoms with Crippen molar-refractivity contribution in [3.8, 4) is 22.6 Å². The van der Waals surface area contributed by atoms with E-state index in [2.05, 4.69) is 19.8 Å². The maximum Gasteiger partial charge on any atom is 0.586 e. The highest BCUT2D eigenvalue weighted by molar-refractivity contribution is 7.08. The monoisotopic (exact) mass is 408 g/mol. The van der Waals surface area contributed by atoms with Crippen LogP contribution in [0.3, 0.4) is 0 Å². The molecule has 1 aromatic carbocycles. The van der Waals surface area contributed by atoms with E-state index in [1.807, 2.05) is 12.3 Å². The Bertz CT molecular complexity index is 1040. The molecule has 4 rings (SSSR count). The highest BCUT2D eigenvalue weighted by Gasteiger charge is 2.43. The quantitative estimate of drug-likeness (QED) is 0.635. The summed E-state index contributed by atoms with van der Waals surface area (Å²) in [4.78, 5) is 16.4. The maximum absolute atomic E-state index is 13.2. The summed E-state index contributed by atoms with van der Waals surface area (Å²) in [7, 11) is 0. The van der Waals surface area contributed by atoms with Crippen molar-refractivity contribution in [3.63, 3.8) is 0 Å². The molecule has 0 saturated heterocycles. The Hall–Kier alpha value is -2.71. The van der Waals surface area contributed by atoms with Crippen molar-refractivity contribution in [2.24, 2.45) is 0 Å². The Balaban J connectivity index is 1.57. The molecule has 1 N–H and O–H groups in total. The van der Waals surface area contributed by atoms with Crippen LogP contribution < -0.4 is 14.8 Å². The van der Waals surface area contributed by atoms with Gasteiger partial charge in [0.2, 0.25) is 0 Å². The molecule has 9 heteroatoms. The Morgan fingerprint density at radius 1 is 1.22 bits per heavy atom. The second kappa shape index (κ2) is 6.47. The molecule has 1 aliphatic heterocycles. The van der Waals surface area contributed by atoms with Gasteiger partial charge in [0, 0.05) is 28.8 Å². The van der Waals surface area contributed by atoms with Gasteiger partial charge < -0.3 is 14.8 Å². The van der Waals surface area contributed by atoms with Crippen LogP contribution in [-0.4, -0.2) is 17.2 Å². The van der Waals surface area contributed by atoms with Crippen LogP contribution in [0.5, 0.6) is 11.5 Å². The van der Waals surface area contributed by atoms with E-state index < -0.39 is 6.29 Å². The Kier molecular flexibility index (Phi) is 4.24. The number of anilines is 1. The molecule has 27 heavy (non-hydrogen) atoms. The summed E-state index contributed by atoms with van der Waals surface area (Å²) in [5.74, 6) is -0.128. The average molecular weight is 409 g/mol. The average Bonchev–Trinajstić information content (AvgIpc) is 3.16. The number of carbonyl (C=O) groups excluding carboxylic acids is 1. The van der Waals surface area contributed by atoms with Gasteiger partial charge in [-0.15, -0.1) is 8.78 Å². The van der Waals surface area contributed by atoms with Gasteiger partial charge >= 0.3 is 6.29 Å². The van der Waals surface area contributed by atoms with Crippen molar-refractivity contribution in [2.45, 2.75) is 13.2 Å². The Labute approximate surface area is 161 Å². The van der Waals surface area contributed by atoms with Crippen LogP contribution in [0.15, 0.2) is 41.2 Å². The van der Waals surface area contributed by atoms with E-state index in [1.165, 1.54) is 29.7 Å². The number of aryl methyl sites for hydroxylation is 1. The van der Waals surface area contributed by atoms with E-state index in [0.717, 1.165) is 5.56 Å². The Morgan fingerprint density at radius 3 is 2.59 bits per heavy atom. The molecule has 3 heterocycles. The second-order valence-corrected chi connectivity index (χ2v) is 6.95. The number of alkyl halides is 2. The third-order valence-electron chi connectivity index (χ3n) is 3.91. The number of halogens is 3. The first-order valence-electron chi connectivity index (χ1n) is 7.72. The first kappa shape index (κ1) is 17.7. The largest absolute Gasteiger partial charge is 0.586 e. The van der Waals surface area contributed by atoms with E-state index in [-0.39, 0.29) is 22.4 Å². The molecule has 0 bridgehead atoms. The molecule has 0 radical (unpaired) electrons. The highest BCUT2D eigenvalue weighted by Crippen LogP contribution is 2.46. The van der Waals surface area contributed by atoms with E-state index >= 15 is 0 Å². The lowest BCUT2D eigenvalue weighted by Crippen LogP contribution is -2.25. The molecule has 0 saturated carbocycles. The molecule has 3 aromatic rings. The lowest BCUT2D eigenvalue weighted by atomic mass is 10.1. The summed E-state index contributed by atoms with van der Waals surface area (Å²) in [6.07, 6.45) is -2.23.